The monoisotopic (exact) mass is 363 g/mol. The fourth-order valence-corrected chi connectivity index (χ4v) is 2.06. The number of hydrogen-bond donors (Lipinski definition) is 2. The Balaban J connectivity index is 2.30. The van der Waals surface area contributed by atoms with Crippen LogP contribution in [0.1, 0.15) is 38.8 Å². The van der Waals surface area contributed by atoms with Crippen LogP contribution in [0.15, 0.2) is 15.6 Å². The Morgan fingerprint density at radius 1 is 1.28 bits per heavy atom. The Morgan fingerprint density at radius 2 is 1.96 bits per heavy atom. The zero-order valence-corrected chi connectivity index (χ0v) is 15.5. The van der Waals surface area contributed by atoms with Crippen molar-refractivity contribution in [2.24, 2.45) is 4.99 Å². The van der Waals surface area contributed by atoms with Crippen LogP contribution in [0, 0.1) is 0 Å². The van der Waals surface area contributed by atoms with Crippen LogP contribution in [0.2, 0.25) is 0 Å². The van der Waals surface area contributed by atoms with Crippen LogP contribution in [0.25, 0.3) is 0 Å². The van der Waals surface area contributed by atoms with Gasteiger partial charge in [-0.25, -0.2) is 4.98 Å². The van der Waals surface area contributed by atoms with Gasteiger partial charge in [0.1, 0.15) is 5.76 Å². The van der Waals surface area contributed by atoms with Crippen LogP contribution in [-0.2, 0) is 12.0 Å². The average molecular weight is 363 g/mol. The number of rotatable bonds is 7. The number of alkyl halides is 3. The van der Waals surface area contributed by atoms with E-state index in [0.717, 1.165) is 5.76 Å². The van der Waals surface area contributed by atoms with E-state index < -0.39 is 12.7 Å². The third kappa shape index (κ3) is 8.76. The van der Waals surface area contributed by atoms with E-state index in [1.807, 2.05) is 20.8 Å². The van der Waals surface area contributed by atoms with Crippen LogP contribution in [0.3, 0.4) is 0 Å². The van der Waals surface area contributed by atoms with E-state index in [0.29, 0.717) is 37.9 Å². The number of nitrogens with zero attached hydrogens (tertiary/aromatic N) is 3. The fourth-order valence-electron chi connectivity index (χ4n) is 2.06. The molecule has 2 N–H and O–H groups in total. The van der Waals surface area contributed by atoms with Crippen LogP contribution in [0.4, 0.5) is 13.2 Å². The minimum atomic E-state index is -4.16. The maximum atomic E-state index is 12.2. The summed E-state index contributed by atoms with van der Waals surface area (Å²) in [4.78, 5) is 9.53. The number of guanidine groups is 1. The molecule has 0 radical (unpaired) electrons. The molecule has 0 bridgehead atoms. The minimum absolute atomic E-state index is 0.104. The summed E-state index contributed by atoms with van der Waals surface area (Å²) in [7, 11) is 3.08. The first-order valence-electron chi connectivity index (χ1n) is 8.16. The van der Waals surface area contributed by atoms with Crippen LogP contribution in [0.5, 0.6) is 0 Å². The molecule has 1 rings (SSSR count). The molecule has 0 fully saturated rings. The molecule has 0 unspecified atom stereocenters. The van der Waals surface area contributed by atoms with E-state index >= 15 is 0 Å². The SMILES string of the molecule is CN=C(NCCCN(C)CC(F)(F)F)NCc1ncc(C(C)(C)C)o1. The summed E-state index contributed by atoms with van der Waals surface area (Å²) in [5.74, 6) is 1.91. The molecule has 0 saturated heterocycles. The zero-order chi connectivity index (χ0) is 19.1. The molecular weight excluding hydrogens is 335 g/mol. The molecule has 0 atom stereocenters. The van der Waals surface area contributed by atoms with Crippen molar-refractivity contribution in [3.63, 3.8) is 0 Å². The van der Waals surface area contributed by atoms with Crippen molar-refractivity contribution in [2.75, 3.05) is 33.7 Å². The first kappa shape index (κ1) is 21.3. The largest absolute Gasteiger partial charge is 0.443 e. The summed E-state index contributed by atoms with van der Waals surface area (Å²) in [6, 6.07) is 0. The summed E-state index contributed by atoms with van der Waals surface area (Å²) in [5, 5.41) is 6.12. The van der Waals surface area contributed by atoms with Gasteiger partial charge >= 0.3 is 6.18 Å². The molecule has 0 aliphatic heterocycles. The second-order valence-corrected chi connectivity index (χ2v) is 6.93. The molecule has 0 aliphatic carbocycles. The van der Waals surface area contributed by atoms with Gasteiger partial charge in [-0.05, 0) is 20.0 Å². The van der Waals surface area contributed by atoms with Crippen LogP contribution in [-0.4, -0.2) is 55.7 Å². The first-order chi connectivity index (χ1) is 11.5. The van der Waals surface area contributed by atoms with E-state index in [1.54, 1.807) is 13.2 Å². The van der Waals surface area contributed by atoms with Crippen molar-refractivity contribution in [1.82, 2.24) is 20.5 Å². The Morgan fingerprint density at radius 3 is 2.48 bits per heavy atom. The van der Waals surface area contributed by atoms with Gasteiger partial charge in [-0.1, -0.05) is 20.8 Å². The number of aromatic nitrogens is 1. The van der Waals surface area contributed by atoms with Crippen LogP contribution >= 0.6 is 0 Å². The lowest BCUT2D eigenvalue weighted by Gasteiger charge is -2.18. The highest BCUT2D eigenvalue weighted by Crippen LogP contribution is 2.22. The lowest BCUT2D eigenvalue weighted by atomic mass is 9.94. The first-order valence-corrected chi connectivity index (χ1v) is 8.16. The van der Waals surface area contributed by atoms with E-state index in [2.05, 4.69) is 20.6 Å². The maximum absolute atomic E-state index is 12.2. The second kappa shape index (κ2) is 9.07. The van der Waals surface area contributed by atoms with Crippen molar-refractivity contribution < 1.29 is 17.6 Å². The van der Waals surface area contributed by atoms with Gasteiger partial charge in [-0.3, -0.25) is 9.89 Å². The summed E-state index contributed by atoms with van der Waals surface area (Å²) < 4.78 is 42.4. The second-order valence-electron chi connectivity index (χ2n) is 6.93. The van der Waals surface area contributed by atoms with Gasteiger partial charge in [0.25, 0.3) is 0 Å². The molecule has 9 heteroatoms. The van der Waals surface area contributed by atoms with Gasteiger partial charge in [0.15, 0.2) is 5.96 Å². The fraction of sp³-hybridized carbons (Fsp3) is 0.750. The van der Waals surface area contributed by atoms with Gasteiger partial charge in [0.05, 0.1) is 19.3 Å². The van der Waals surface area contributed by atoms with E-state index in [4.69, 9.17) is 4.42 Å². The smallest absolute Gasteiger partial charge is 0.401 e. The van der Waals surface area contributed by atoms with Gasteiger partial charge < -0.3 is 15.1 Å². The van der Waals surface area contributed by atoms with Gasteiger partial charge in [-0.15, -0.1) is 0 Å². The molecule has 0 spiro atoms. The molecular formula is C16H28F3N5O. The average Bonchev–Trinajstić information content (AvgIpc) is 2.93. The Bertz CT molecular complexity index is 549. The molecule has 0 aromatic carbocycles. The van der Waals surface area contributed by atoms with Crippen LogP contribution < -0.4 is 10.6 Å². The number of halogens is 3. The molecule has 25 heavy (non-hydrogen) atoms. The lowest BCUT2D eigenvalue weighted by Crippen LogP contribution is -2.39. The molecule has 0 amide bonds. The van der Waals surface area contributed by atoms with Crippen molar-refractivity contribution in [2.45, 2.75) is 45.3 Å². The normalized spacial score (nSPS) is 13.4. The predicted octanol–water partition coefficient (Wildman–Crippen LogP) is 2.52. The lowest BCUT2D eigenvalue weighted by molar-refractivity contribution is -0.143. The molecule has 1 aromatic heterocycles. The van der Waals surface area contributed by atoms with E-state index in [-0.39, 0.29) is 5.41 Å². The highest BCUT2D eigenvalue weighted by atomic mass is 19.4. The summed E-state index contributed by atoms with van der Waals surface area (Å²) >= 11 is 0. The van der Waals surface area contributed by atoms with Crippen molar-refractivity contribution in [3.05, 3.63) is 17.8 Å². The quantitative estimate of drug-likeness (QED) is 0.443. The Kier molecular flexibility index (Phi) is 7.72. The number of hydrogen-bond acceptors (Lipinski definition) is 4. The molecule has 1 heterocycles. The topological polar surface area (TPSA) is 65.7 Å². The van der Waals surface area contributed by atoms with Crippen molar-refractivity contribution in [1.29, 1.82) is 0 Å². The third-order valence-corrected chi connectivity index (χ3v) is 3.38. The molecule has 0 saturated carbocycles. The van der Waals surface area contributed by atoms with Gasteiger partial charge in [0, 0.05) is 19.0 Å². The maximum Gasteiger partial charge on any atom is 0.401 e. The van der Waals surface area contributed by atoms with E-state index in [1.165, 1.54) is 11.9 Å². The van der Waals surface area contributed by atoms with Crippen molar-refractivity contribution in [3.8, 4) is 0 Å². The Labute approximate surface area is 146 Å². The highest BCUT2D eigenvalue weighted by molar-refractivity contribution is 5.79. The summed E-state index contributed by atoms with van der Waals surface area (Å²) in [5.41, 5.74) is -0.104. The standard InChI is InChI=1S/C16H28F3N5O/c1-15(2,3)12-9-22-13(25-12)10-23-14(20-4)21-7-6-8-24(5)11-16(17,18)19/h9H,6-8,10-11H2,1-5H3,(H2,20,21,23). The van der Waals surface area contributed by atoms with Gasteiger partial charge in [0.2, 0.25) is 5.89 Å². The summed E-state index contributed by atoms with van der Waals surface area (Å²) in [6.45, 7) is 6.46. The predicted molar refractivity (Wildman–Crippen MR) is 91.6 cm³/mol. The molecule has 1 aromatic rings. The minimum Gasteiger partial charge on any atom is -0.443 e. The zero-order valence-electron chi connectivity index (χ0n) is 15.5. The Hall–Kier alpha value is -1.77. The third-order valence-electron chi connectivity index (χ3n) is 3.38. The molecule has 6 nitrogen and oxygen atoms in total. The van der Waals surface area contributed by atoms with Gasteiger partial charge in [-0.2, -0.15) is 13.2 Å². The molecule has 0 aliphatic rings. The number of aliphatic imine (C=N–C) groups is 1. The highest BCUT2D eigenvalue weighted by Gasteiger charge is 2.28. The number of oxazole rings is 1. The molecule has 144 valence electrons. The number of nitrogens with one attached hydrogen (secondary N) is 2. The van der Waals surface area contributed by atoms with E-state index in [9.17, 15) is 13.2 Å². The summed E-state index contributed by atoms with van der Waals surface area (Å²) in [6.07, 6.45) is -1.88. The van der Waals surface area contributed by atoms with Crippen molar-refractivity contribution >= 4 is 5.96 Å².